The van der Waals surface area contributed by atoms with Gasteiger partial charge < -0.3 is 14.8 Å². The van der Waals surface area contributed by atoms with Crippen molar-refractivity contribution in [2.24, 2.45) is 5.92 Å². The number of ether oxygens (including phenoxy) is 2. The monoisotopic (exact) mass is 666 g/mol. The summed E-state index contributed by atoms with van der Waals surface area (Å²) in [5.41, 5.74) is 0.635. The SMILES string of the molecule is CCOC(=O)C(C)(C)NP(=O)(NC(C)(C)C(=O)OCC)c1ccn(-c2cccc(-c3cccc4nc(NC(=O)C5CC5)sc34)c2)n1. The standard InChI is InChI=1S/C32H39N6O6PS/c1-7-43-28(40)31(3,4)36-45(42,37-32(5,6)29(41)44-8-2)25-17-18-38(35-25)22-12-9-11-21(19-22)23-13-10-14-24-26(23)46-30(33-24)34-27(39)20-15-16-20/h9-14,17-20H,7-8,15-16H2,1-6H3,(H,33,34,39)(H2,36,37,42). The summed E-state index contributed by atoms with van der Waals surface area (Å²) in [7, 11) is -3.96. The number of anilines is 1. The van der Waals surface area contributed by atoms with Crippen LogP contribution in [0.1, 0.15) is 54.4 Å². The molecule has 46 heavy (non-hydrogen) atoms. The Hall–Kier alpha value is -3.90. The summed E-state index contributed by atoms with van der Waals surface area (Å²) in [5, 5.41) is 14.0. The average molecular weight is 667 g/mol. The largest absolute Gasteiger partial charge is 0.465 e. The lowest BCUT2D eigenvalue weighted by molar-refractivity contribution is -0.149. The summed E-state index contributed by atoms with van der Waals surface area (Å²) >= 11 is 1.43. The number of benzene rings is 2. The van der Waals surface area contributed by atoms with Crippen molar-refractivity contribution >= 4 is 57.4 Å². The molecule has 1 aliphatic rings. The second kappa shape index (κ2) is 13.1. The Bertz CT molecular complexity index is 1790. The number of hydrogen-bond donors (Lipinski definition) is 3. The van der Waals surface area contributed by atoms with Crippen LogP contribution in [-0.4, -0.2) is 56.9 Å². The molecule has 5 rings (SSSR count). The van der Waals surface area contributed by atoms with E-state index < -0.39 is 30.5 Å². The number of rotatable bonds is 13. The highest BCUT2D eigenvalue weighted by Gasteiger charge is 2.44. The third-order valence-electron chi connectivity index (χ3n) is 7.36. The van der Waals surface area contributed by atoms with Crippen molar-refractivity contribution in [1.29, 1.82) is 0 Å². The van der Waals surface area contributed by atoms with Crippen molar-refractivity contribution in [3.63, 3.8) is 0 Å². The predicted molar refractivity (Wildman–Crippen MR) is 178 cm³/mol. The van der Waals surface area contributed by atoms with Gasteiger partial charge >= 0.3 is 11.9 Å². The predicted octanol–water partition coefficient (Wildman–Crippen LogP) is 5.18. The van der Waals surface area contributed by atoms with Crippen molar-refractivity contribution in [2.45, 2.75) is 65.5 Å². The van der Waals surface area contributed by atoms with Crippen LogP contribution in [0, 0.1) is 5.92 Å². The minimum atomic E-state index is -3.96. The van der Waals surface area contributed by atoms with Crippen molar-refractivity contribution in [3.05, 3.63) is 54.7 Å². The first-order valence-electron chi connectivity index (χ1n) is 15.2. The first kappa shape index (κ1) is 33.5. The zero-order valence-corrected chi connectivity index (χ0v) is 28.5. The molecule has 0 unspecified atom stereocenters. The van der Waals surface area contributed by atoms with E-state index in [0.29, 0.717) is 10.8 Å². The van der Waals surface area contributed by atoms with E-state index in [2.05, 4.69) is 25.6 Å². The summed E-state index contributed by atoms with van der Waals surface area (Å²) in [5.74, 6) is -1.12. The van der Waals surface area contributed by atoms with E-state index >= 15 is 0 Å². The minimum Gasteiger partial charge on any atom is -0.465 e. The molecule has 0 atom stereocenters. The normalized spacial score (nSPS) is 13.9. The van der Waals surface area contributed by atoms with Crippen LogP contribution in [0.5, 0.6) is 0 Å². The molecule has 0 radical (unpaired) electrons. The van der Waals surface area contributed by atoms with Gasteiger partial charge in [0.1, 0.15) is 11.1 Å². The lowest BCUT2D eigenvalue weighted by Gasteiger charge is -2.34. The van der Waals surface area contributed by atoms with Gasteiger partial charge in [-0.3, -0.25) is 18.9 Å². The number of amides is 1. The quantitative estimate of drug-likeness (QED) is 0.129. The van der Waals surface area contributed by atoms with E-state index in [0.717, 1.165) is 34.2 Å². The number of carbonyl (C=O) groups excluding carboxylic acids is 3. The summed E-state index contributed by atoms with van der Waals surface area (Å²) in [6.45, 7) is 9.89. The van der Waals surface area contributed by atoms with Crippen molar-refractivity contribution in [2.75, 3.05) is 18.5 Å². The molecule has 2 heterocycles. The van der Waals surface area contributed by atoms with Gasteiger partial charge in [0.05, 0.1) is 29.1 Å². The van der Waals surface area contributed by atoms with E-state index in [1.165, 1.54) is 11.3 Å². The Labute approximate surface area is 271 Å². The second-order valence-electron chi connectivity index (χ2n) is 12.1. The molecule has 1 aliphatic carbocycles. The van der Waals surface area contributed by atoms with Gasteiger partial charge in [0.2, 0.25) is 5.91 Å². The number of hydrogen-bond acceptors (Lipinski definition) is 9. The number of thiazole rings is 1. The van der Waals surface area contributed by atoms with E-state index in [-0.39, 0.29) is 30.5 Å². The van der Waals surface area contributed by atoms with Gasteiger partial charge in [0.25, 0.3) is 7.44 Å². The molecule has 4 aromatic rings. The molecule has 244 valence electrons. The maximum Gasteiger partial charge on any atom is 0.326 e. The summed E-state index contributed by atoms with van der Waals surface area (Å²) in [6, 6.07) is 15.1. The molecule has 3 N–H and O–H groups in total. The lowest BCUT2D eigenvalue weighted by atomic mass is 10.0. The first-order chi connectivity index (χ1) is 21.8. The number of nitrogens with one attached hydrogen (secondary N) is 3. The van der Waals surface area contributed by atoms with E-state index in [1.807, 2.05) is 42.5 Å². The second-order valence-corrected chi connectivity index (χ2v) is 15.3. The van der Waals surface area contributed by atoms with Gasteiger partial charge in [-0.1, -0.05) is 35.6 Å². The molecule has 0 spiro atoms. The van der Waals surface area contributed by atoms with Crippen LogP contribution in [0.25, 0.3) is 27.0 Å². The third kappa shape index (κ3) is 7.23. The molecular formula is C32H39N6O6PS. The zero-order chi connectivity index (χ0) is 33.3. The van der Waals surface area contributed by atoms with Crippen molar-refractivity contribution in [1.82, 2.24) is 24.9 Å². The summed E-state index contributed by atoms with van der Waals surface area (Å²) < 4.78 is 27.6. The smallest absolute Gasteiger partial charge is 0.326 e. The number of carbonyl (C=O) groups is 3. The molecule has 0 bridgehead atoms. The Morgan fingerprint density at radius 1 is 0.957 bits per heavy atom. The molecule has 2 aromatic heterocycles. The molecule has 12 nitrogen and oxygen atoms in total. The van der Waals surface area contributed by atoms with Crippen LogP contribution >= 0.6 is 18.8 Å². The van der Waals surface area contributed by atoms with Gasteiger partial charge in [0, 0.05) is 17.7 Å². The zero-order valence-electron chi connectivity index (χ0n) is 26.7. The topological polar surface area (TPSA) is 154 Å². The minimum absolute atomic E-state index is 0.00893. The molecule has 0 aliphatic heterocycles. The number of nitrogens with zero attached hydrogens (tertiary/aromatic N) is 3. The third-order valence-corrected chi connectivity index (χ3v) is 11.0. The fraction of sp³-hybridized carbons (Fsp3) is 0.406. The van der Waals surface area contributed by atoms with Gasteiger partial charge in [-0.05, 0) is 84.2 Å². The maximum atomic E-state index is 14.7. The highest BCUT2D eigenvalue weighted by atomic mass is 32.1. The highest BCUT2D eigenvalue weighted by Crippen LogP contribution is 2.41. The highest BCUT2D eigenvalue weighted by molar-refractivity contribution is 7.67. The number of esters is 2. The Morgan fingerprint density at radius 3 is 2.20 bits per heavy atom. The fourth-order valence-corrected chi connectivity index (χ4v) is 8.41. The van der Waals surface area contributed by atoms with Crippen LogP contribution in [-0.2, 0) is 28.4 Å². The van der Waals surface area contributed by atoms with Crippen LogP contribution in [0.2, 0.25) is 0 Å². The molecule has 0 saturated heterocycles. The van der Waals surface area contributed by atoms with E-state index in [4.69, 9.17) is 9.47 Å². The van der Waals surface area contributed by atoms with E-state index in [9.17, 15) is 18.9 Å². The molecule has 1 amide bonds. The van der Waals surface area contributed by atoms with Crippen molar-refractivity contribution in [3.8, 4) is 16.8 Å². The van der Waals surface area contributed by atoms with Gasteiger partial charge in [-0.2, -0.15) is 5.10 Å². The van der Waals surface area contributed by atoms with Gasteiger partial charge in [-0.15, -0.1) is 0 Å². The summed E-state index contributed by atoms with van der Waals surface area (Å²) in [6.07, 6.45) is 3.49. The Morgan fingerprint density at radius 2 is 1.59 bits per heavy atom. The number of fused-ring (bicyclic) bond motifs is 1. The van der Waals surface area contributed by atoms with Crippen LogP contribution in [0.15, 0.2) is 54.7 Å². The molecule has 1 fully saturated rings. The molecule has 14 heteroatoms. The van der Waals surface area contributed by atoms with Crippen LogP contribution < -0.4 is 20.9 Å². The van der Waals surface area contributed by atoms with Gasteiger partial charge in [0.15, 0.2) is 10.6 Å². The molecular weight excluding hydrogens is 627 g/mol. The fourth-order valence-electron chi connectivity index (χ4n) is 4.87. The summed E-state index contributed by atoms with van der Waals surface area (Å²) in [4.78, 5) is 42.5. The lowest BCUT2D eigenvalue weighted by Crippen LogP contribution is -2.55. The first-order valence-corrected chi connectivity index (χ1v) is 17.7. The Balaban J connectivity index is 1.48. The maximum absolute atomic E-state index is 14.7. The molecule has 2 aromatic carbocycles. The van der Waals surface area contributed by atoms with Crippen LogP contribution in [0.3, 0.4) is 0 Å². The van der Waals surface area contributed by atoms with Crippen molar-refractivity contribution < 1.29 is 28.4 Å². The van der Waals surface area contributed by atoms with Crippen LogP contribution in [0.4, 0.5) is 5.13 Å². The average Bonchev–Trinajstić information content (AvgIpc) is 3.57. The Kier molecular flexibility index (Phi) is 9.51. The van der Waals surface area contributed by atoms with E-state index in [1.54, 1.807) is 58.5 Å². The number of aromatic nitrogens is 3. The molecule has 1 saturated carbocycles. The van der Waals surface area contributed by atoms with Gasteiger partial charge in [-0.25, -0.2) is 19.8 Å².